The third kappa shape index (κ3) is 6.98. The Morgan fingerprint density at radius 1 is 1.33 bits per heavy atom. The van der Waals surface area contributed by atoms with Crippen LogP contribution in [0.25, 0.3) is 0 Å². The molecule has 1 heterocycles. The van der Waals surface area contributed by atoms with Crippen molar-refractivity contribution in [2.24, 2.45) is 11.7 Å². The Morgan fingerprint density at radius 3 is 2.62 bits per heavy atom. The van der Waals surface area contributed by atoms with E-state index in [1.807, 2.05) is 35.2 Å². The summed E-state index contributed by atoms with van der Waals surface area (Å²) in [5, 5.41) is 0. The number of hydrogen-bond acceptors (Lipinski definition) is 3. The van der Waals surface area contributed by atoms with Crippen LogP contribution in [0.2, 0.25) is 0 Å². The molecule has 0 radical (unpaired) electrons. The summed E-state index contributed by atoms with van der Waals surface area (Å²) >= 11 is 0. The molecule has 6 heteroatoms. The highest BCUT2D eigenvalue weighted by atomic mass is 35.5. The Labute approximate surface area is 158 Å². The van der Waals surface area contributed by atoms with Gasteiger partial charge in [0.2, 0.25) is 5.91 Å². The van der Waals surface area contributed by atoms with E-state index in [0.29, 0.717) is 12.3 Å². The molecule has 1 fully saturated rings. The van der Waals surface area contributed by atoms with Gasteiger partial charge in [-0.25, -0.2) is 0 Å². The van der Waals surface area contributed by atoms with Crippen molar-refractivity contribution in [3.05, 3.63) is 35.9 Å². The third-order valence-corrected chi connectivity index (χ3v) is 4.44. The van der Waals surface area contributed by atoms with E-state index in [0.717, 1.165) is 38.2 Å². The summed E-state index contributed by atoms with van der Waals surface area (Å²) in [6, 6.07) is 9.69. The zero-order chi connectivity index (χ0) is 15.9. The molecule has 2 unspecified atom stereocenters. The van der Waals surface area contributed by atoms with Crippen LogP contribution in [-0.2, 0) is 4.79 Å². The molecule has 1 aliphatic rings. The fourth-order valence-electron chi connectivity index (χ4n) is 3.26. The summed E-state index contributed by atoms with van der Waals surface area (Å²) in [5.41, 5.74) is 7.20. The number of nitrogens with two attached hydrogens (primary N) is 1. The van der Waals surface area contributed by atoms with E-state index in [9.17, 15) is 4.79 Å². The third-order valence-electron chi connectivity index (χ3n) is 4.44. The van der Waals surface area contributed by atoms with E-state index in [1.165, 1.54) is 6.42 Å². The lowest BCUT2D eigenvalue weighted by molar-refractivity contribution is -0.130. The van der Waals surface area contributed by atoms with Crippen LogP contribution in [0.3, 0.4) is 0 Å². The van der Waals surface area contributed by atoms with Crippen LogP contribution in [0.4, 0.5) is 0 Å². The molecule has 1 saturated heterocycles. The molecular formula is C18H31Cl2N3O. The first kappa shape index (κ1) is 23.2. The second-order valence-corrected chi connectivity index (χ2v) is 6.48. The molecule has 0 saturated carbocycles. The quantitative estimate of drug-likeness (QED) is 0.796. The number of benzene rings is 1. The topological polar surface area (TPSA) is 49.6 Å². The van der Waals surface area contributed by atoms with Crippen molar-refractivity contribution in [2.75, 3.05) is 33.2 Å². The summed E-state index contributed by atoms with van der Waals surface area (Å²) in [6.45, 7) is 6.18. The Kier molecular flexibility index (Phi) is 11.3. The van der Waals surface area contributed by atoms with Crippen molar-refractivity contribution >= 4 is 30.7 Å². The van der Waals surface area contributed by atoms with Gasteiger partial charge in [-0.1, -0.05) is 37.3 Å². The van der Waals surface area contributed by atoms with Gasteiger partial charge < -0.3 is 15.5 Å². The molecule has 0 bridgehead atoms. The number of rotatable bonds is 7. The van der Waals surface area contributed by atoms with Crippen LogP contribution >= 0.6 is 24.8 Å². The van der Waals surface area contributed by atoms with Gasteiger partial charge in [-0.2, -0.15) is 0 Å². The van der Waals surface area contributed by atoms with Crippen molar-refractivity contribution in [1.29, 1.82) is 0 Å². The van der Waals surface area contributed by atoms with Gasteiger partial charge in [-0.3, -0.25) is 4.79 Å². The van der Waals surface area contributed by atoms with E-state index in [1.54, 1.807) is 0 Å². The van der Waals surface area contributed by atoms with E-state index >= 15 is 0 Å². The van der Waals surface area contributed by atoms with Crippen LogP contribution in [0.1, 0.15) is 37.8 Å². The Morgan fingerprint density at radius 2 is 2.00 bits per heavy atom. The molecule has 1 aromatic rings. The van der Waals surface area contributed by atoms with Crippen molar-refractivity contribution in [2.45, 2.75) is 32.2 Å². The summed E-state index contributed by atoms with van der Waals surface area (Å²) in [6.07, 6.45) is 2.69. The average Bonchev–Trinajstić information content (AvgIpc) is 2.97. The number of hydrogen-bond donors (Lipinski definition) is 1. The van der Waals surface area contributed by atoms with E-state index < -0.39 is 0 Å². The maximum atomic E-state index is 12.4. The minimum absolute atomic E-state index is 0. The van der Waals surface area contributed by atoms with Crippen molar-refractivity contribution in [3.8, 4) is 0 Å². The molecule has 1 aliphatic heterocycles. The zero-order valence-corrected chi connectivity index (χ0v) is 16.3. The van der Waals surface area contributed by atoms with Gasteiger partial charge >= 0.3 is 0 Å². The summed E-state index contributed by atoms with van der Waals surface area (Å²) in [7, 11) is 2.17. The van der Waals surface area contributed by atoms with E-state index in [-0.39, 0.29) is 36.8 Å². The average molecular weight is 376 g/mol. The fraction of sp³-hybridized carbons (Fsp3) is 0.611. The Balaban J connectivity index is 0.00000264. The zero-order valence-electron chi connectivity index (χ0n) is 14.7. The lowest BCUT2D eigenvalue weighted by atomic mass is 10.0. The molecule has 1 amide bonds. The first-order valence-electron chi connectivity index (χ1n) is 8.37. The second kappa shape index (κ2) is 11.7. The normalized spacial score (nSPS) is 18.0. The van der Waals surface area contributed by atoms with Crippen molar-refractivity contribution in [3.63, 3.8) is 0 Å². The summed E-state index contributed by atoms with van der Waals surface area (Å²) in [5.74, 6) is 0.797. The van der Waals surface area contributed by atoms with Gasteiger partial charge in [0.25, 0.3) is 0 Å². The Hall–Kier alpha value is -0.810. The van der Waals surface area contributed by atoms with Gasteiger partial charge in [0.15, 0.2) is 0 Å². The number of halogens is 2. The minimum atomic E-state index is -0.199. The molecule has 0 aliphatic carbocycles. The highest BCUT2D eigenvalue weighted by molar-refractivity contribution is 5.85. The molecule has 1 aromatic carbocycles. The molecule has 24 heavy (non-hydrogen) atoms. The van der Waals surface area contributed by atoms with Gasteiger partial charge in [0.1, 0.15) is 0 Å². The maximum Gasteiger partial charge on any atom is 0.224 e. The van der Waals surface area contributed by atoms with Crippen LogP contribution < -0.4 is 5.73 Å². The predicted molar refractivity (Wildman–Crippen MR) is 105 cm³/mol. The predicted octanol–water partition coefficient (Wildman–Crippen LogP) is 3.11. The maximum absolute atomic E-state index is 12.4. The van der Waals surface area contributed by atoms with E-state index in [4.69, 9.17) is 5.73 Å². The summed E-state index contributed by atoms with van der Waals surface area (Å²) in [4.78, 5) is 16.8. The number of amides is 1. The molecule has 4 nitrogen and oxygen atoms in total. The van der Waals surface area contributed by atoms with Crippen molar-refractivity contribution < 1.29 is 4.79 Å². The lowest BCUT2D eigenvalue weighted by Crippen LogP contribution is -2.33. The number of carbonyl (C=O) groups is 1. The highest BCUT2D eigenvalue weighted by Gasteiger charge is 2.27. The molecular weight excluding hydrogens is 345 g/mol. The number of carbonyl (C=O) groups excluding carboxylic acids is 1. The molecule has 2 rings (SSSR count). The Bertz CT molecular complexity index is 473. The van der Waals surface area contributed by atoms with Gasteiger partial charge in [0, 0.05) is 32.1 Å². The molecule has 0 spiro atoms. The van der Waals surface area contributed by atoms with Crippen LogP contribution in [0, 0.1) is 5.92 Å². The van der Waals surface area contributed by atoms with Gasteiger partial charge in [-0.15, -0.1) is 24.8 Å². The van der Waals surface area contributed by atoms with Crippen LogP contribution in [-0.4, -0.2) is 48.9 Å². The molecule has 2 atom stereocenters. The molecule has 138 valence electrons. The second-order valence-electron chi connectivity index (χ2n) is 6.48. The first-order chi connectivity index (χ1) is 10.6. The van der Waals surface area contributed by atoms with Crippen molar-refractivity contribution in [1.82, 2.24) is 9.80 Å². The lowest BCUT2D eigenvalue weighted by Gasteiger charge is -2.22. The summed E-state index contributed by atoms with van der Waals surface area (Å²) < 4.78 is 0. The minimum Gasteiger partial charge on any atom is -0.342 e. The first-order valence-corrected chi connectivity index (χ1v) is 8.37. The molecule has 0 aromatic heterocycles. The highest BCUT2D eigenvalue weighted by Crippen LogP contribution is 2.21. The number of nitrogens with zero attached hydrogens (tertiary/aromatic N) is 2. The number of likely N-dealkylation sites (tertiary alicyclic amines) is 1. The molecule has 2 N–H and O–H groups in total. The van der Waals surface area contributed by atoms with Crippen LogP contribution in [0.15, 0.2) is 30.3 Å². The van der Waals surface area contributed by atoms with E-state index in [2.05, 4.69) is 18.9 Å². The largest absolute Gasteiger partial charge is 0.342 e. The van der Waals surface area contributed by atoms with Crippen LogP contribution in [0.5, 0.6) is 0 Å². The smallest absolute Gasteiger partial charge is 0.224 e. The monoisotopic (exact) mass is 375 g/mol. The van der Waals surface area contributed by atoms with Gasteiger partial charge in [-0.05, 0) is 37.9 Å². The standard InChI is InChI=1S/C18H29N3O.2ClH/c1-3-10-20(2)13-15-9-11-21(14-15)18(22)12-17(19)16-7-5-4-6-8-16;;/h4-8,15,17H,3,9-14,19H2,1-2H3;2*1H. The fourth-order valence-corrected chi connectivity index (χ4v) is 3.26. The SMILES string of the molecule is CCCN(C)CC1CCN(C(=O)CC(N)c2ccccc2)C1.Cl.Cl. The van der Waals surface area contributed by atoms with Gasteiger partial charge in [0.05, 0.1) is 0 Å².